The van der Waals surface area contributed by atoms with E-state index in [9.17, 15) is 9.90 Å². The molecule has 1 aromatic carbocycles. The molecule has 3 aromatic rings. The molecule has 0 radical (unpaired) electrons. The zero-order valence-corrected chi connectivity index (χ0v) is 16.0. The fourth-order valence-corrected chi connectivity index (χ4v) is 3.72. The summed E-state index contributed by atoms with van der Waals surface area (Å²) in [7, 11) is 1.81. The molecule has 1 unspecified atom stereocenters. The number of carbonyl (C=O) groups excluding carboxylic acids is 1. The SMILES string of the molecule is C[C@H](O)CNc1nc(C2C(=O)Cc3ccc(Br)cc32)c2cn(C)nc2n1. The molecule has 2 aromatic heterocycles. The van der Waals surface area contributed by atoms with E-state index in [1.54, 1.807) is 11.6 Å². The zero-order valence-electron chi connectivity index (χ0n) is 14.4. The summed E-state index contributed by atoms with van der Waals surface area (Å²) in [5.74, 6) is 0.0380. The molecular weight excluding hydrogens is 398 g/mol. The first-order valence-electron chi connectivity index (χ1n) is 8.36. The average molecular weight is 416 g/mol. The van der Waals surface area contributed by atoms with Crippen molar-refractivity contribution in [2.24, 2.45) is 7.05 Å². The van der Waals surface area contributed by atoms with Gasteiger partial charge in [-0.3, -0.25) is 9.48 Å². The predicted molar refractivity (Wildman–Crippen MR) is 101 cm³/mol. The summed E-state index contributed by atoms with van der Waals surface area (Å²) in [5.41, 5.74) is 3.17. The van der Waals surface area contributed by atoms with Crippen molar-refractivity contribution in [1.29, 1.82) is 0 Å². The van der Waals surface area contributed by atoms with Gasteiger partial charge in [0.1, 0.15) is 0 Å². The molecule has 2 heterocycles. The van der Waals surface area contributed by atoms with E-state index in [1.807, 2.05) is 31.4 Å². The number of hydrogen-bond donors (Lipinski definition) is 2. The molecule has 0 spiro atoms. The highest BCUT2D eigenvalue weighted by atomic mass is 79.9. The smallest absolute Gasteiger partial charge is 0.225 e. The monoisotopic (exact) mass is 415 g/mol. The van der Waals surface area contributed by atoms with E-state index in [1.165, 1.54) is 0 Å². The molecule has 1 aliphatic rings. The Morgan fingerprint density at radius 1 is 1.42 bits per heavy atom. The van der Waals surface area contributed by atoms with Crippen molar-refractivity contribution in [1.82, 2.24) is 19.7 Å². The molecule has 8 heteroatoms. The maximum absolute atomic E-state index is 12.8. The quantitative estimate of drug-likeness (QED) is 0.678. The first-order chi connectivity index (χ1) is 12.4. The first-order valence-corrected chi connectivity index (χ1v) is 9.16. The maximum Gasteiger partial charge on any atom is 0.225 e. The Morgan fingerprint density at radius 3 is 3.00 bits per heavy atom. The van der Waals surface area contributed by atoms with Gasteiger partial charge in [0.05, 0.1) is 23.1 Å². The lowest BCUT2D eigenvalue weighted by atomic mass is 9.95. The molecule has 0 aliphatic heterocycles. The fourth-order valence-electron chi connectivity index (χ4n) is 3.34. The Bertz CT molecular complexity index is 1010. The number of aliphatic hydroxyl groups is 1. The van der Waals surface area contributed by atoms with Gasteiger partial charge in [-0.05, 0) is 30.2 Å². The molecule has 134 valence electrons. The number of aromatic nitrogens is 4. The zero-order chi connectivity index (χ0) is 18.4. The Hall–Kier alpha value is -2.32. The Kier molecular flexibility index (Phi) is 4.24. The summed E-state index contributed by atoms with van der Waals surface area (Å²) in [4.78, 5) is 21.8. The summed E-state index contributed by atoms with van der Waals surface area (Å²) >= 11 is 3.49. The molecule has 0 bridgehead atoms. The lowest BCUT2D eigenvalue weighted by Crippen LogP contribution is -2.18. The van der Waals surface area contributed by atoms with E-state index in [2.05, 4.69) is 36.3 Å². The lowest BCUT2D eigenvalue weighted by Gasteiger charge is -2.14. The van der Waals surface area contributed by atoms with Crippen molar-refractivity contribution < 1.29 is 9.90 Å². The third-order valence-corrected chi connectivity index (χ3v) is 4.95. The second kappa shape index (κ2) is 6.44. The van der Waals surface area contributed by atoms with E-state index in [-0.39, 0.29) is 5.78 Å². The van der Waals surface area contributed by atoms with Gasteiger partial charge in [-0.2, -0.15) is 10.1 Å². The largest absolute Gasteiger partial charge is 0.392 e. The molecule has 2 N–H and O–H groups in total. The molecule has 0 amide bonds. The molecule has 26 heavy (non-hydrogen) atoms. The fraction of sp³-hybridized carbons (Fsp3) is 0.333. The van der Waals surface area contributed by atoms with E-state index >= 15 is 0 Å². The number of rotatable bonds is 4. The maximum atomic E-state index is 12.8. The molecular formula is C18H18BrN5O2. The van der Waals surface area contributed by atoms with Crippen LogP contribution in [0.2, 0.25) is 0 Å². The van der Waals surface area contributed by atoms with Crippen LogP contribution in [0.5, 0.6) is 0 Å². The molecule has 2 atom stereocenters. The number of Topliss-reactive ketones (excluding diaryl/α,β-unsaturated/α-hetero) is 1. The van der Waals surface area contributed by atoms with Crippen LogP contribution < -0.4 is 5.32 Å². The van der Waals surface area contributed by atoms with Crippen LogP contribution in [-0.4, -0.2) is 43.3 Å². The van der Waals surface area contributed by atoms with E-state index < -0.39 is 12.0 Å². The van der Waals surface area contributed by atoms with Gasteiger partial charge in [0.2, 0.25) is 5.95 Å². The second-order valence-electron chi connectivity index (χ2n) is 6.62. The van der Waals surface area contributed by atoms with Crippen LogP contribution in [0.25, 0.3) is 11.0 Å². The van der Waals surface area contributed by atoms with E-state index in [4.69, 9.17) is 0 Å². The van der Waals surface area contributed by atoms with Gasteiger partial charge in [0.15, 0.2) is 11.4 Å². The summed E-state index contributed by atoms with van der Waals surface area (Å²) in [6, 6.07) is 5.91. The van der Waals surface area contributed by atoms with Crippen LogP contribution in [0.1, 0.15) is 29.7 Å². The van der Waals surface area contributed by atoms with Crippen molar-refractivity contribution in [3.05, 3.63) is 45.7 Å². The molecule has 4 rings (SSSR count). The number of ketones is 1. The first kappa shape index (κ1) is 17.1. The molecule has 0 saturated carbocycles. The van der Waals surface area contributed by atoms with Crippen molar-refractivity contribution >= 4 is 38.7 Å². The number of fused-ring (bicyclic) bond motifs is 2. The number of hydrogen-bond acceptors (Lipinski definition) is 6. The summed E-state index contributed by atoms with van der Waals surface area (Å²) in [6.45, 7) is 2.00. The van der Waals surface area contributed by atoms with Crippen molar-refractivity contribution in [3.8, 4) is 0 Å². The average Bonchev–Trinajstić information content (AvgIpc) is 3.10. The van der Waals surface area contributed by atoms with Crippen molar-refractivity contribution in [2.75, 3.05) is 11.9 Å². The highest BCUT2D eigenvalue weighted by molar-refractivity contribution is 9.10. The number of aliphatic hydroxyl groups excluding tert-OH is 1. The highest BCUT2D eigenvalue weighted by Crippen LogP contribution is 2.39. The third-order valence-electron chi connectivity index (χ3n) is 4.46. The van der Waals surface area contributed by atoms with Crippen LogP contribution in [0.4, 0.5) is 5.95 Å². The van der Waals surface area contributed by atoms with Gasteiger partial charge in [0.25, 0.3) is 0 Å². The van der Waals surface area contributed by atoms with Gasteiger partial charge < -0.3 is 10.4 Å². The van der Waals surface area contributed by atoms with Gasteiger partial charge in [-0.1, -0.05) is 22.0 Å². The number of nitrogens with one attached hydrogen (secondary N) is 1. The Balaban J connectivity index is 1.88. The van der Waals surface area contributed by atoms with Gasteiger partial charge in [-0.15, -0.1) is 0 Å². The van der Waals surface area contributed by atoms with Gasteiger partial charge >= 0.3 is 0 Å². The van der Waals surface area contributed by atoms with Crippen LogP contribution in [0, 0.1) is 0 Å². The number of nitrogens with zero attached hydrogens (tertiary/aromatic N) is 4. The molecule has 0 fully saturated rings. The van der Waals surface area contributed by atoms with E-state index in [0.717, 1.165) is 21.0 Å². The van der Waals surface area contributed by atoms with Gasteiger partial charge in [0, 0.05) is 30.7 Å². The minimum Gasteiger partial charge on any atom is -0.392 e. The Labute approximate surface area is 158 Å². The van der Waals surface area contributed by atoms with E-state index in [0.29, 0.717) is 30.3 Å². The third kappa shape index (κ3) is 2.99. The number of anilines is 1. The number of halogens is 1. The number of benzene rings is 1. The minimum absolute atomic E-state index is 0.114. The molecule has 1 aliphatic carbocycles. The minimum atomic E-state index is -0.536. The standard InChI is InChI=1S/C18H18BrN5O2/c1-9(25)7-20-18-21-16(13-8-24(2)23-17(13)22-18)15-12-6-11(19)4-3-10(12)5-14(15)26/h3-4,6,8-9,15,25H,5,7H2,1-2H3,(H,20,22,23)/t9-,15?/m0/s1. The summed E-state index contributed by atoms with van der Waals surface area (Å²) in [5, 5.41) is 17.7. The normalized spacial score (nSPS) is 17.5. The Morgan fingerprint density at radius 2 is 2.23 bits per heavy atom. The van der Waals surface area contributed by atoms with Crippen molar-refractivity contribution in [2.45, 2.75) is 25.4 Å². The summed E-state index contributed by atoms with van der Waals surface area (Å²) < 4.78 is 2.60. The lowest BCUT2D eigenvalue weighted by molar-refractivity contribution is -0.118. The molecule has 7 nitrogen and oxygen atoms in total. The number of carbonyl (C=O) groups is 1. The molecule has 0 saturated heterocycles. The van der Waals surface area contributed by atoms with Crippen LogP contribution in [0.15, 0.2) is 28.9 Å². The van der Waals surface area contributed by atoms with Crippen LogP contribution in [0.3, 0.4) is 0 Å². The van der Waals surface area contributed by atoms with Crippen LogP contribution in [-0.2, 0) is 18.3 Å². The van der Waals surface area contributed by atoms with Crippen molar-refractivity contribution in [3.63, 3.8) is 0 Å². The second-order valence-corrected chi connectivity index (χ2v) is 7.54. The predicted octanol–water partition coefficient (Wildman–Crippen LogP) is 2.18. The highest BCUT2D eigenvalue weighted by Gasteiger charge is 2.35. The van der Waals surface area contributed by atoms with Gasteiger partial charge in [-0.25, -0.2) is 4.98 Å². The summed E-state index contributed by atoms with van der Waals surface area (Å²) in [6.07, 6.45) is 1.70. The van der Waals surface area contributed by atoms with Crippen LogP contribution >= 0.6 is 15.9 Å². The topological polar surface area (TPSA) is 92.9 Å². The number of aryl methyl sites for hydroxylation is 1.